The van der Waals surface area contributed by atoms with Crippen molar-refractivity contribution in [1.29, 1.82) is 0 Å². The monoisotopic (exact) mass is 156 g/mol. The van der Waals surface area contributed by atoms with E-state index in [1.807, 2.05) is 0 Å². The summed E-state index contributed by atoms with van der Waals surface area (Å²) in [6, 6.07) is 0. The van der Waals surface area contributed by atoms with Gasteiger partial charge in [0, 0.05) is 5.57 Å². The molecule has 11 heavy (non-hydrogen) atoms. The van der Waals surface area contributed by atoms with Crippen LogP contribution < -0.4 is 11.1 Å². The molecule has 1 fully saturated rings. The maximum Gasteiger partial charge on any atom is 0.243 e. The first kappa shape index (κ1) is 10.2. The first-order valence-electron chi connectivity index (χ1n) is 3.80. The van der Waals surface area contributed by atoms with E-state index in [-0.39, 0.29) is 0 Å². The van der Waals surface area contributed by atoms with Gasteiger partial charge in [0.15, 0.2) is 0 Å². The minimum atomic E-state index is -0.435. The Hall–Kier alpha value is -0.830. The summed E-state index contributed by atoms with van der Waals surface area (Å²) in [6.07, 6.45) is 2.78. The van der Waals surface area contributed by atoms with Gasteiger partial charge in [-0.2, -0.15) is 0 Å². The van der Waals surface area contributed by atoms with Crippen molar-refractivity contribution >= 4 is 5.91 Å². The fourth-order valence-electron chi connectivity index (χ4n) is 0.625. The summed E-state index contributed by atoms with van der Waals surface area (Å²) < 4.78 is 0. The second-order valence-corrected chi connectivity index (χ2v) is 2.60. The van der Waals surface area contributed by atoms with Crippen molar-refractivity contribution in [3.63, 3.8) is 0 Å². The van der Waals surface area contributed by atoms with Crippen LogP contribution in [0.25, 0.3) is 0 Å². The van der Waals surface area contributed by atoms with Crippen molar-refractivity contribution < 1.29 is 4.79 Å². The zero-order chi connectivity index (χ0) is 8.69. The molecule has 0 aromatic rings. The van der Waals surface area contributed by atoms with E-state index in [9.17, 15) is 4.79 Å². The van der Waals surface area contributed by atoms with Crippen LogP contribution in [0.5, 0.6) is 0 Å². The molecule has 0 aliphatic carbocycles. The lowest BCUT2D eigenvalue weighted by molar-refractivity contribution is -0.114. The van der Waals surface area contributed by atoms with Gasteiger partial charge < -0.3 is 11.1 Å². The highest BCUT2D eigenvalue weighted by atomic mass is 16.1. The zero-order valence-electron chi connectivity index (χ0n) is 7.02. The zero-order valence-corrected chi connectivity index (χ0v) is 7.02. The van der Waals surface area contributed by atoms with Crippen LogP contribution in [0.15, 0.2) is 12.2 Å². The molecule has 0 aromatic carbocycles. The first-order chi connectivity index (χ1) is 5.14. The van der Waals surface area contributed by atoms with Gasteiger partial charge in [-0.25, -0.2) is 0 Å². The van der Waals surface area contributed by atoms with Gasteiger partial charge in [0.05, 0.1) is 0 Å². The van der Waals surface area contributed by atoms with Crippen molar-refractivity contribution in [1.82, 2.24) is 5.32 Å². The standard InChI is InChI=1S/C4H7NO.C4H9N/c1-3(2)4(5)6;1-2-4-5-3-1/h1H2,2H3,(H2,5,6);5H,1-4H2. The molecule has 0 aromatic heterocycles. The fraction of sp³-hybridized carbons (Fsp3) is 0.625. The number of amides is 1. The van der Waals surface area contributed by atoms with E-state index in [0.29, 0.717) is 5.57 Å². The summed E-state index contributed by atoms with van der Waals surface area (Å²) in [5.41, 5.74) is 5.09. The van der Waals surface area contributed by atoms with Gasteiger partial charge in [-0.1, -0.05) is 6.58 Å². The highest BCUT2D eigenvalue weighted by Gasteiger charge is 1.93. The van der Waals surface area contributed by atoms with E-state index in [4.69, 9.17) is 5.73 Å². The molecule has 0 bridgehead atoms. The third kappa shape index (κ3) is 7.06. The Bertz CT molecular complexity index is 119. The van der Waals surface area contributed by atoms with E-state index in [0.717, 1.165) is 0 Å². The largest absolute Gasteiger partial charge is 0.366 e. The normalized spacial score (nSPS) is 15.0. The average Bonchev–Trinajstić information content (AvgIpc) is 2.41. The number of hydrogen-bond acceptors (Lipinski definition) is 2. The van der Waals surface area contributed by atoms with Gasteiger partial charge >= 0.3 is 0 Å². The summed E-state index contributed by atoms with van der Waals surface area (Å²) in [5, 5.41) is 3.22. The molecule has 0 atom stereocenters. The number of hydrogen-bond donors (Lipinski definition) is 2. The Morgan fingerprint density at radius 3 is 1.91 bits per heavy atom. The molecule has 1 rings (SSSR count). The van der Waals surface area contributed by atoms with E-state index in [1.165, 1.54) is 25.9 Å². The van der Waals surface area contributed by atoms with Crippen LogP contribution in [0.2, 0.25) is 0 Å². The molecule has 3 N–H and O–H groups in total. The van der Waals surface area contributed by atoms with Crippen LogP contribution in [0.4, 0.5) is 0 Å². The number of carbonyl (C=O) groups is 1. The third-order valence-corrected chi connectivity index (χ3v) is 1.38. The number of nitrogens with two attached hydrogens (primary N) is 1. The first-order valence-corrected chi connectivity index (χ1v) is 3.80. The smallest absolute Gasteiger partial charge is 0.243 e. The predicted molar refractivity (Wildman–Crippen MR) is 46.1 cm³/mol. The maximum absolute atomic E-state index is 9.82. The topological polar surface area (TPSA) is 55.1 Å². The second kappa shape index (κ2) is 5.92. The SMILES string of the molecule is C1CCNC1.C=C(C)C(N)=O. The number of primary amides is 1. The fourth-order valence-corrected chi connectivity index (χ4v) is 0.625. The molecule has 0 spiro atoms. The van der Waals surface area contributed by atoms with Crippen LogP contribution in [0, 0.1) is 0 Å². The highest BCUT2D eigenvalue weighted by molar-refractivity contribution is 5.90. The summed E-state index contributed by atoms with van der Waals surface area (Å²) >= 11 is 0. The van der Waals surface area contributed by atoms with Crippen molar-refractivity contribution in [2.45, 2.75) is 19.8 Å². The highest BCUT2D eigenvalue weighted by Crippen LogP contribution is 1.90. The number of nitrogens with one attached hydrogen (secondary N) is 1. The van der Waals surface area contributed by atoms with E-state index in [1.54, 1.807) is 6.92 Å². The van der Waals surface area contributed by atoms with E-state index >= 15 is 0 Å². The molecule has 1 aliphatic heterocycles. The molecular weight excluding hydrogens is 140 g/mol. The summed E-state index contributed by atoms with van der Waals surface area (Å²) in [6.45, 7) is 7.35. The minimum Gasteiger partial charge on any atom is -0.366 e. The Kier molecular flexibility index (Phi) is 5.47. The maximum atomic E-state index is 9.82. The second-order valence-electron chi connectivity index (χ2n) is 2.60. The van der Waals surface area contributed by atoms with Gasteiger partial charge in [0.2, 0.25) is 5.91 Å². The molecule has 1 saturated heterocycles. The Morgan fingerprint density at radius 1 is 1.45 bits per heavy atom. The summed E-state index contributed by atoms with van der Waals surface area (Å²) in [7, 11) is 0. The molecule has 64 valence electrons. The predicted octanol–water partition coefficient (Wildman–Crippen LogP) is 0.418. The molecule has 1 aliphatic rings. The molecule has 3 nitrogen and oxygen atoms in total. The summed E-state index contributed by atoms with van der Waals surface area (Å²) in [5.74, 6) is -0.435. The molecule has 0 unspecified atom stereocenters. The van der Waals surface area contributed by atoms with Crippen molar-refractivity contribution in [3.8, 4) is 0 Å². The Labute approximate surface area is 67.7 Å². The van der Waals surface area contributed by atoms with E-state index in [2.05, 4.69) is 11.9 Å². The molecule has 0 saturated carbocycles. The Balaban J connectivity index is 0.000000183. The van der Waals surface area contributed by atoms with Gasteiger partial charge in [0.25, 0.3) is 0 Å². The summed E-state index contributed by atoms with van der Waals surface area (Å²) in [4.78, 5) is 9.82. The van der Waals surface area contributed by atoms with Crippen LogP contribution in [0.3, 0.4) is 0 Å². The van der Waals surface area contributed by atoms with Gasteiger partial charge in [0.1, 0.15) is 0 Å². The van der Waals surface area contributed by atoms with Crippen molar-refractivity contribution in [2.24, 2.45) is 5.73 Å². The number of carbonyl (C=O) groups excluding carboxylic acids is 1. The van der Waals surface area contributed by atoms with Crippen molar-refractivity contribution in [3.05, 3.63) is 12.2 Å². The molecular formula is C8H16N2O. The quantitative estimate of drug-likeness (QED) is 0.540. The van der Waals surface area contributed by atoms with Crippen LogP contribution in [-0.2, 0) is 4.79 Å². The molecule has 3 heteroatoms. The third-order valence-electron chi connectivity index (χ3n) is 1.38. The van der Waals surface area contributed by atoms with Gasteiger partial charge in [-0.3, -0.25) is 4.79 Å². The van der Waals surface area contributed by atoms with Gasteiger partial charge in [-0.15, -0.1) is 0 Å². The van der Waals surface area contributed by atoms with Crippen LogP contribution in [0.1, 0.15) is 19.8 Å². The Morgan fingerprint density at radius 2 is 1.82 bits per heavy atom. The lowest BCUT2D eigenvalue weighted by Gasteiger charge is -1.81. The van der Waals surface area contributed by atoms with Gasteiger partial charge in [-0.05, 0) is 32.9 Å². The minimum absolute atomic E-state index is 0.398. The molecule has 1 amide bonds. The van der Waals surface area contributed by atoms with Crippen LogP contribution >= 0.6 is 0 Å². The lowest BCUT2D eigenvalue weighted by Crippen LogP contribution is -2.10. The average molecular weight is 156 g/mol. The molecule has 1 heterocycles. The van der Waals surface area contributed by atoms with Crippen molar-refractivity contribution in [2.75, 3.05) is 13.1 Å². The molecule has 0 radical (unpaired) electrons. The lowest BCUT2D eigenvalue weighted by atomic mass is 10.3. The number of rotatable bonds is 1. The van der Waals surface area contributed by atoms with E-state index < -0.39 is 5.91 Å². The van der Waals surface area contributed by atoms with Crippen LogP contribution in [-0.4, -0.2) is 19.0 Å².